The third kappa shape index (κ3) is 0.686. The molecule has 0 aromatic rings. The Bertz CT molecular complexity index is 121. The van der Waals surface area contributed by atoms with Crippen LogP contribution in [0.1, 0.15) is 0 Å². The van der Waals surface area contributed by atoms with E-state index in [4.69, 9.17) is 5.26 Å². The summed E-state index contributed by atoms with van der Waals surface area (Å²) in [5, 5.41) is 8.15. The van der Waals surface area contributed by atoms with E-state index in [0.29, 0.717) is 0 Å². The smallest absolute Gasteiger partial charge is 0.185 e. The Morgan fingerprint density at radius 3 is 3.00 bits per heavy atom. The van der Waals surface area contributed by atoms with Gasteiger partial charge in [0.05, 0.1) is 19.4 Å². The van der Waals surface area contributed by atoms with Crippen molar-refractivity contribution in [1.29, 1.82) is 5.26 Å². The van der Waals surface area contributed by atoms with Gasteiger partial charge in [-0.1, -0.05) is 0 Å². The fourth-order valence-corrected chi connectivity index (χ4v) is 0.455. The van der Waals surface area contributed by atoms with Gasteiger partial charge in [-0.25, -0.2) is 0 Å². The fourth-order valence-electron chi connectivity index (χ4n) is 0.455. The van der Waals surface area contributed by atoms with Crippen LogP contribution in [0.5, 0.6) is 0 Å². The van der Waals surface area contributed by atoms with Gasteiger partial charge >= 0.3 is 0 Å². The summed E-state index contributed by atoms with van der Waals surface area (Å²) in [6, 6.07) is 0. The van der Waals surface area contributed by atoms with E-state index >= 15 is 0 Å². The number of hydrogen-bond acceptors (Lipinski definition) is 3. The minimum atomic E-state index is 0.760. The summed E-state index contributed by atoms with van der Waals surface area (Å²) in [7, 11) is 0. The molecule has 0 unspecified atom stereocenters. The van der Waals surface area contributed by atoms with Crippen molar-refractivity contribution in [3.8, 4) is 6.19 Å². The predicted octanol–water partition coefficient (Wildman–Crippen LogP) is -0.189. The van der Waals surface area contributed by atoms with Crippen LogP contribution in [0.25, 0.3) is 0 Å². The van der Waals surface area contributed by atoms with Crippen LogP contribution < -0.4 is 0 Å². The first kappa shape index (κ1) is 4.13. The van der Waals surface area contributed by atoms with Gasteiger partial charge in [-0.3, -0.25) is 9.89 Å². The number of hydrogen-bond donors (Lipinski definition) is 0. The second-order valence-electron chi connectivity index (χ2n) is 1.32. The van der Waals surface area contributed by atoms with Crippen molar-refractivity contribution >= 4 is 6.34 Å². The number of nitriles is 1. The van der Waals surface area contributed by atoms with Gasteiger partial charge in [-0.05, 0) is 0 Å². The molecule has 0 saturated heterocycles. The van der Waals surface area contributed by atoms with Gasteiger partial charge in [0.1, 0.15) is 0 Å². The minimum Gasteiger partial charge on any atom is -0.273 e. The summed E-state index contributed by atoms with van der Waals surface area (Å²) in [4.78, 5) is 5.31. The number of nitrogens with zero attached hydrogens (tertiary/aromatic N) is 3. The zero-order valence-corrected chi connectivity index (χ0v) is 3.83. The van der Waals surface area contributed by atoms with Crippen molar-refractivity contribution in [2.75, 3.05) is 13.1 Å². The third-order valence-electron chi connectivity index (χ3n) is 0.819. The fraction of sp³-hybridized carbons (Fsp3) is 0.500. The lowest BCUT2D eigenvalue weighted by atomic mass is 10.6. The average Bonchev–Trinajstić information content (AvgIpc) is 2.14. The van der Waals surface area contributed by atoms with Gasteiger partial charge in [0.15, 0.2) is 6.19 Å². The van der Waals surface area contributed by atoms with Crippen LogP contribution in [0, 0.1) is 11.5 Å². The summed E-state index contributed by atoms with van der Waals surface area (Å²) in [6.45, 7) is 1.53. The van der Waals surface area contributed by atoms with E-state index in [0.717, 1.165) is 13.1 Å². The predicted molar refractivity (Wildman–Crippen MR) is 25.7 cm³/mol. The Labute approximate surface area is 41.9 Å². The highest BCUT2D eigenvalue weighted by atomic mass is 15.2. The normalized spacial score (nSPS) is 17.3. The highest BCUT2D eigenvalue weighted by Crippen LogP contribution is 1.87. The van der Waals surface area contributed by atoms with E-state index in [1.54, 1.807) is 6.34 Å². The van der Waals surface area contributed by atoms with Crippen LogP contribution in [0.4, 0.5) is 0 Å². The Hall–Kier alpha value is -1.04. The Morgan fingerprint density at radius 2 is 2.71 bits per heavy atom. The molecule has 1 heterocycles. The minimum absolute atomic E-state index is 0.760. The van der Waals surface area contributed by atoms with Gasteiger partial charge in [0.2, 0.25) is 0 Å². The van der Waals surface area contributed by atoms with Gasteiger partial charge in [0.25, 0.3) is 0 Å². The number of aliphatic imine (C=N–C) groups is 1. The summed E-state index contributed by atoms with van der Waals surface area (Å²) in [5.41, 5.74) is 0. The molecule has 1 rings (SSSR count). The zero-order chi connectivity index (χ0) is 5.11. The lowest BCUT2D eigenvalue weighted by molar-refractivity contribution is 0.644. The van der Waals surface area contributed by atoms with Crippen molar-refractivity contribution in [3.63, 3.8) is 0 Å². The molecular weight excluding hydrogens is 90.1 g/mol. The largest absolute Gasteiger partial charge is 0.273 e. The van der Waals surface area contributed by atoms with E-state index < -0.39 is 0 Å². The van der Waals surface area contributed by atoms with Crippen molar-refractivity contribution < 1.29 is 0 Å². The molecule has 3 nitrogen and oxygen atoms in total. The van der Waals surface area contributed by atoms with Crippen LogP contribution in [-0.4, -0.2) is 24.3 Å². The molecule has 1 aliphatic rings. The van der Waals surface area contributed by atoms with Crippen LogP contribution in [0.3, 0.4) is 0 Å². The number of rotatable bonds is 0. The molecule has 0 atom stereocenters. The SMILES string of the molecule is N#CN1C=NCC1. The molecule has 3 heteroatoms. The molecule has 0 aromatic heterocycles. The van der Waals surface area contributed by atoms with E-state index in [-0.39, 0.29) is 0 Å². The third-order valence-corrected chi connectivity index (χ3v) is 0.819. The molecule has 0 saturated carbocycles. The van der Waals surface area contributed by atoms with Crippen molar-refractivity contribution in [2.45, 2.75) is 0 Å². The molecular formula is C4H5N3. The summed E-state index contributed by atoms with van der Waals surface area (Å²) >= 11 is 0. The Morgan fingerprint density at radius 1 is 1.86 bits per heavy atom. The highest BCUT2D eigenvalue weighted by Gasteiger charge is 1.99. The molecule has 0 N–H and O–H groups in total. The zero-order valence-electron chi connectivity index (χ0n) is 3.83. The second-order valence-corrected chi connectivity index (χ2v) is 1.32. The van der Waals surface area contributed by atoms with Gasteiger partial charge in [-0.15, -0.1) is 0 Å². The lowest BCUT2D eigenvalue weighted by Gasteiger charge is -1.94. The van der Waals surface area contributed by atoms with Crippen LogP contribution in [0.2, 0.25) is 0 Å². The molecule has 0 radical (unpaired) electrons. The van der Waals surface area contributed by atoms with Crippen LogP contribution in [0.15, 0.2) is 4.99 Å². The summed E-state index contributed by atoms with van der Waals surface area (Å²) in [6.07, 6.45) is 3.50. The maximum Gasteiger partial charge on any atom is 0.185 e. The van der Waals surface area contributed by atoms with E-state index in [9.17, 15) is 0 Å². The highest BCUT2D eigenvalue weighted by molar-refractivity contribution is 5.59. The first-order valence-corrected chi connectivity index (χ1v) is 2.10. The maximum absolute atomic E-state index is 8.15. The molecule has 0 aromatic carbocycles. The molecule has 36 valence electrons. The quantitative estimate of drug-likeness (QED) is 0.391. The van der Waals surface area contributed by atoms with Gasteiger partial charge < -0.3 is 0 Å². The lowest BCUT2D eigenvalue weighted by Crippen LogP contribution is -2.10. The topological polar surface area (TPSA) is 39.4 Å². The average molecular weight is 95.1 g/mol. The molecule has 0 amide bonds. The maximum atomic E-state index is 8.15. The molecule has 0 spiro atoms. The van der Waals surface area contributed by atoms with Crippen molar-refractivity contribution in [2.24, 2.45) is 4.99 Å². The van der Waals surface area contributed by atoms with E-state index in [1.807, 2.05) is 6.19 Å². The van der Waals surface area contributed by atoms with E-state index in [1.165, 1.54) is 4.90 Å². The Kier molecular flexibility index (Phi) is 0.947. The molecule has 0 fully saturated rings. The molecule has 0 bridgehead atoms. The van der Waals surface area contributed by atoms with Crippen molar-refractivity contribution in [3.05, 3.63) is 0 Å². The Balaban J connectivity index is 2.47. The van der Waals surface area contributed by atoms with Crippen molar-refractivity contribution in [1.82, 2.24) is 4.90 Å². The van der Waals surface area contributed by atoms with E-state index in [2.05, 4.69) is 4.99 Å². The van der Waals surface area contributed by atoms with Gasteiger partial charge in [0, 0.05) is 0 Å². The summed E-state index contributed by atoms with van der Waals surface area (Å²) in [5.74, 6) is 0. The summed E-state index contributed by atoms with van der Waals surface area (Å²) < 4.78 is 0. The van der Waals surface area contributed by atoms with Crippen LogP contribution >= 0.6 is 0 Å². The van der Waals surface area contributed by atoms with Crippen LogP contribution in [-0.2, 0) is 0 Å². The molecule has 1 aliphatic heterocycles. The second kappa shape index (κ2) is 1.61. The first-order chi connectivity index (χ1) is 3.43. The monoisotopic (exact) mass is 95.0 g/mol. The molecule has 7 heavy (non-hydrogen) atoms. The standard InChI is InChI=1S/C4H5N3/c5-3-7-2-1-6-4-7/h4H,1-2H2. The molecule has 0 aliphatic carbocycles. The first-order valence-electron chi connectivity index (χ1n) is 2.10. The van der Waals surface area contributed by atoms with Gasteiger partial charge in [-0.2, -0.15) is 5.26 Å².